The highest BCUT2D eigenvalue weighted by Gasteiger charge is 2.37. The molecule has 124 valence electrons. The van der Waals surface area contributed by atoms with Gasteiger partial charge in [0.2, 0.25) is 5.91 Å². The number of aromatic nitrogens is 1. The number of rotatable bonds is 5. The maximum Gasteiger partial charge on any atom is 0.330 e. The van der Waals surface area contributed by atoms with E-state index in [1.54, 1.807) is 20.8 Å². The summed E-state index contributed by atoms with van der Waals surface area (Å²) in [6.07, 6.45) is 2.20. The number of nitrogens with one attached hydrogen (secondary N) is 2. The van der Waals surface area contributed by atoms with E-state index in [1.165, 1.54) is 7.11 Å². The van der Waals surface area contributed by atoms with Crippen LogP contribution in [0.1, 0.15) is 26.3 Å². The first-order valence-electron chi connectivity index (χ1n) is 7.42. The minimum atomic E-state index is -1.16. The highest BCUT2D eigenvalue weighted by Crippen LogP contribution is 2.22. The number of nitrogens with two attached hydrogens (primary N) is 1. The zero-order valence-corrected chi connectivity index (χ0v) is 13.9. The molecule has 1 aromatic carbocycles. The van der Waals surface area contributed by atoms with Crippen molar-refractivity contribution in [3.63, 3.8) is 0 Å². The van der Waals surface area contributed by atoms with E-state index < -0.39 is 23.0 Å². The van der Waals surface area contributed by atoms with Crippen molar-refractivity contribution in [2.75, 3.05) is 7.11 Å². The summed E-state index contributed by atoms with van der Waals surface area (Å²) in [4.78, 5) is 27.4. The normalized spacial score (nSPS) is 14.3. The Hall–Kier alpha value is -2.34. The van der Waals surface area contributed by atoms with E-state index in [1.807, 2.05) is 30.5 Å². The molecule has 1 unspecified atom stereocenters. The van der Waals surface area contributed by atoms with Crippen molar-refractivity contribution in [3.8, 4) is 0 Å². The number of aromatic amines is 1. The van der Waals surface area contributed by atoms with Gasteiger partial charge in [-0.3, -0.25) is 4.79 Å². The van der Waals surface area contributed by atoms with Gasteiger partial charge < -0.3 is 20.8 Å². The van der Waals surface area contributed by atoms with Crippen LogP contribution in [-0.2, 0) is 20.7 Å². The van der Waals surface area contributed by atoms with Gasteiger partial charge in [0.1, 0.15) is 5.54 Å². The zero-order valence-electron chi connectivity index (χ0n) is 13.9. The molecule has 1 atom stereocenters. The molecular weight excluding hydrogens is 294 g/mol. The summed E-state index contributed by atoms with van der Waals surface area (Å²) < 4.78 is 4.69. The van der Waals surface area contributed by atoms with E-state index in [9.17, 15) is 9.59 Å². The second-order valence-electron chi connectivity index (χ2n) is 6.52. The van der Waals surface area contributed by atoms with Gasteiger partial charge in [0.25, 0.3) is 0 Å². The van der Waals surface area contributed by atoms with Crippen molar-refractivity contribution in [3.05, 3.63) is 36.0 Å². The van der Waals surface area contributed by atoms with Gasteiger partial charge in [-0.25, -0.2) is 4.79 Å². The Morgan fingerprint density at radius 2 is 1.91 bits per heavy atom. The van der Waals surface area contributed by atoms with Crippen LogP contribution in [0.2, 0.25) is 0 Å². The Balaban J connectivity index is 2.18. The minimum Gasteiger partial charge on any atom is -0.467 e. The maximum atomic E-state index is 12.5. The number of carbonyl (C=O) groups is 2. The summed E-state index contributed by atoms with van der Waals surface area (Å²) in [5.41, 5.74) is 5.87. The standard InChI is InChI=1S/C17H23N3O3/c1-16(2,15(22)23-4)20-14(21)17(3,18)9-11-10-19-13-8-6-5-7-12(11)13/h5-8,10,19H,9,18H2,1-4H3,(H,20,21). The Morgan fingerprint density at radius 3 is 2.57 bits per heavy atom. The molecule has 23 heavy (non-hydrogen) atoms. The molecule has 0 saturated carbocycles. The van der Waals surface area contributed by atoms with Crippen LogP contribution >= 0.6 is 0 Å². The van der Waals surface area contributed by atoms with E-state index in [0.29, 0.717) is 6.42 Å². The third kappa shape index (κ3) is 3.53. The van der Waals surface area contributed by atoms with E-state index in [2.05, 4.69) is 10.3 Å². The molecule has 0 spiro atoms. The molecule has 6 heteroatoms. The van der Waals surface area contributed by atoms with Crippen molar-refractivity contribution in [2.45, 2.75) is 38.3 Å². The molecule has 6 nitrogen and oxygen atoms in total. The second-order valence-corrected chi connectivity index (χ2v) is 6.52. The molecule has 0 aliphatic heterocycles. The van der Waals surface area contributed by atoms with Gasteiger partial charge in [-0.1, -0.05) is 18.2 Å². The molecule has 0 saturated heterocycles. The topological polar surface area (TPSA) is 97.2 Å². The number of esters is 1. The first-order valence-corrected chi connectivity index (χ1v) is 7.42. The van der Waals surface area contributed by atoms with Gasteiger partial charge >= 0.3 is 5.97 Å². The summed E-state index contributed by atoms with van der Waals surface area (Å²) in [5, 5.41) is 3.69. The van der Waals surface area contributed by atoms with Gasteiger partial charge in [0, 0.05) is 23.5 Å². The lowest BCUT2D eigenvalue weighted by Crippen LogP contribution is -2.60. The van der Waals surface area contributed by atoms with Gasteiger partial charge in [0.05, 0.1) is 12.6 Å². The number of H-pyrrole nitrogens is 1. The minimum absolute atomic E-state index is 0.347. The summed E-state index contributed by atoms with van der Waals surface area (Å²) in [5.74, 6) is -0.924. The Kier molecular flexibility index (Phi) is 4.47. The molecular formula is C17H23N3O3. The molecule has 0 bridgehead atoms. The van der Waals surface area contributed by atoms with Crippen LogP contribution in [0.5, 0.6) is 0 Å². The SMILES string of the molecule is COC(=O)C(C)(C)NC(=O)C(C)(N)Cc1c[nH]c2ccccc12. The fraction of sp³-hybridized carbons (Fsp3) is 0.412. The molecule has 2 rings (SSSR count). The lowest BCUT2D eigenvalue weighted by Gasteiger charge is -2.30. The van der Waals surface area contributed by atoms with Gasteiger partial charge in [0.15, 0.2) is 0 Å². The molecule has 0 fully saturated rings. The van der Waals surface area contributed by atoms with Crippen LogP contribution in [0.15, 0.2) is 30.5 Å². The predicted octanol–water partition coefficient (Wildman–Crippen LogP) is 1.50. The van der Waals surface area contributed by atoms with Crippen LogP contribution < -0.4 is 11.1 Å². The number of methoxy groups -OCH3 is 1. The Labute approximate surface area is 135 Å². The molecule has 1 heterocycles. The van der Waals surface area contributed by atoms with Crippen molar-refractivity contribution in [1.82, 2.24) is 10.3 Å². The lowest BCUT2D eigenvalue weighted by molar-refractivity contribution is -0.150. The van der Waals surface area contributed by atoms with Gasteiger partial charge in [-0.15, -0.1) is 0 Å². The third-order valence-electron chi connectivity index (χ3n) is 3.87. The van der Waals surface area contributed by atoms with Crippen LogP contribution in [-0.4, -0.2) is 35.0 Å². The third-order valence-corrected chi connectivity index (χ3v) is 3.87. The maximum absolute atomic E-state index is 12.5. The highest BCUT2D eigenvalue weighted by molar-refractivity contribution is 5.93. The number of ether oxygens (including phenoxy) is 1. The monoisotopic (exact) mass is 317 g/mol. The summed E-state index contributed by atoms with van der Waals surface area (Å²) >= 11 is 0. The zero-order chi connectivity index (χ0) is 17.3. The molecule has 4 N–H and O–H groups in total. The first-order chi connectivity index (χ1) is 10.7. The highest BCUT2D eigenvalue weighted by atomic mass is 16.5. The predicted molar refractivity (Wildman–Crippen MR) is 88.8 cm³/mol. The fourth-order valence-corrected chi connectivity index (χ4v) is 2.49. The van der Waals surface area contributed by atoms with Crippen LogP contribution in [0.3, 0.4) is 0 Å². The Morgan fingerprint density at radius 1 is 1.26 bits per heavy atom. The first kappa shape index (κ1) is 17.0. The average Bonchev–Trinajstić information content (AvgIpc) is 2.88. The Bertz CT molecular complexity index is 732. The van der Waals surface area contributed by atoms with E-state index >= 15 is 0 Å². The summed E-state index contributed by atoms with van der Waals surface area (Å²) in [7, 11) is 1.28. The average molecular weight is 317 g/mol. The fourth-order valence-electron chi connectivity index (χ4n) is 2.49. The van der Waals surface area contributed by atoms with Crippen molar-refractivity contribution in [2.24, 2.45) is 5.73 Å². The number of fused-ring (bicyclic) bond motifs is 1. The van der Waals surface area contributed by atoms with E-state index in [-0.39, 0.29) is 0 Å². The van der Waals surface area contributed by atoms with E-state index in [0.717, 1.165) is 16.5 Å². The lowest BCUT2D eigenvalue weighted by atomic mass is 9.91. The largest absolute Gasteiger partial charge is 0.467 e. The number of hydrogen-bond acceptors (Lipinski definition) is 4. The summed E-state index contributed by atoms with van der Waals surface area (Å²) in [6, 6.07) is 7.82. The van der Waals surface area contributed by atoms with Crippen LogP contribution in [0, 0.1) is 0 Å². The molecule has 0 radical (unpaired) electrons. The summed E-state index contributed by atoms with van der Waals surface area (Å²) in [6.45, 7) is 4.81. The number of hydrogen-bond donors (Lipinski definition) is 3. The molecule has 0 aliphatic rings. The molecule has 2 aromatic rings. The quantitative estimate of drug-likeness (QED) is 0.728. The second kappa shape index (κ2) is 6.04. The molecule has 1 amide bonds. The smallest absolute Gasteiger partial charge is 0.330 e. The van der Waals surface area contributed by atoms with Crippen molar-refractivity contribution >= 4 is 22.8 Å². The number of para-hydroxylation sites is 1. The number of amides is 1. The van der Waals surface area contributed by atoms with Crippen molar-refractivity contribution < 1.29 is 14.3 Å². The van der Waals surface area contributed by atoms with Gasteiger partial charge in [-0.05, 0) is 32.4 Å². The molecule has 0 aliphatic carbocycles. The van der Waals surface area contributed by atoms with Crippen molar-refractivity contribution in [1.29, 1.82) is 0 Å². The van der Waals surface area contributed by atoms with Crippen LogP contribution in [0.4, 0.5) is 0 Å². The van der Waals surface area contributed by atoms with Crippen LogP contribution in [0.25, 0.3) is 10.9 Å². The number of carbonyl (C=O) groups excluding carboxylic acids is 2. The van der Waals surface area contributed by atoms with Gasteiger partial charge in [-0.2, -0.15) is 0 Å². The number of benzene rings is 1. The van der Waals surface area contributed by atoms with E-state index in [4.69, 9.17) is 10.5 Å². The molecule has 1 aromatic heterocycles.